The zero-order valence-electron chi connectivity index (χ0n) is 9.78. The van der Waals surface area contributed by atoms with Crippen LogP contribution in [0.15, 0.2) is 0 Å². The van der Waals surface area contributed by atoms with Crippen molar-refractivity contribution in [3.8, 4) is 0 Å². The number of nitrogens with zero attached hydrogens (tertiary/aromatic N) is 1. The van der Waals surface area contributed by atoms with Crippen LogP contribution >= 0.6 is 11.3 Å². The maximum atomic E-state index is 11.9. The highest BCUT2D eigenvalue weighted by atomic mass is 32.1. The van der Waals surface area contributed by atoms with Crippen molar-refractivity contribution in [1.29, 1.82) is 0 Å². The number of ketones is 1. The van der Waals surface area contributed by atoms with Crippen LogP contribution in [0, 0.1) is 13.8 Å². The molecule has 0 spiro atoms. The van der Waals surface area contributed by atoms with Crippen molar-refractivity contribution in [1.82, 2.24) is 4.98 Å². The molecular formula is C12H17NO2S. The summed E-state index contributed by atoms with van der Waals surface area (Å²) in [5, 5.41) is 0.925. The Labute approximate surface area is 99.8 Å². The van der Waals surface area contributed by atoms with Crippen LogP contribution in [0.25, 0.3) is 0 Å². The highest BCUT2D eigenvalue weighted by Gasteiger charge is 2.22. The molecule has 4 heteroatoms. The van der Waals surface area contributed by atoms with Crippen molar-refractivity contribution < 1.29 is 9.53 Å². The molecule has 1 aliphatic heterocycles. The minimum Gasteiger partial charge on any atom is -0.370 e. The van der Waals surface area contributed by atoms with Crippen molar-refractivity contribution in [2.75, 3.05) is 6.61 Å². The fraction of sp³-hybridized carbons (Fsp3) is 0.667. The topological polar surface area (TPSA) is 39.2 Å². The predicted octanol–water partition coefficient (Wildman–Crippen LogP) is 2.44. The summed E-state index contributed by atoms with van der Waals surface area (Å²) >= 11 is 1.62. The van der Waals surface area contributed by atoms with E-state index in [2.05, 4.69) is 4.98 Å². The lowest BCUT2D eigenvalue weighted by molar-refractivity contribution is -0.132. The van der Waals surface area contributed by atoms with Crippen LogP contribution < -0.4 is 0 Å². The van der Waals surface area contributed by atoms with Gasteiger partial charge in [0, 0.05) is 11.5 Å². The van der Waals surface area contributed by atoms with E-state index < -0.39 is 0 Å². The number of Topliss-reactive ketones (excluding diaryl/α,β-unsaturated/α-hetero) is 1. The molecule has 2 heterocycles. The summed E-state index contributed by atoms with van der Waals surface area (Å²) in [5.41, 5.74) is 1.04. The average molecular weight is 239 g/mol. The Bertz CT molecular complexity index is 361. The van der Waals surface area contributed by atoms with Gasteiger partial charge in [0.1, 0.15) is 11.1 Å². The zero-order valence-corrected chi connectivity index (χ0v) is 10.6. The molecule has 1 aliphatic rings. The molecule has 88 valence electrons. The number of rotatable bonds is 3. The number of carbonyl (C=O) groups excluding carboxylic acids is 1. The fourth-order valence-electron chi connectivity index (χ4n) is 1.87. The molecule has 16 heavy (non-hydrogen) atoms. The molecule has 1 fully saturated rings. The second kappa shape index (κ2) is 5.06. The van der Waals surface area contributed by atoms with E-state index >= 15 is 0 Å². The number of aryl methyl sites for hydroxylation is 2. The number of thiazole rings is 1. The van der Waals surface area contributed by atoms with E-state index in [-0.39, 0.29) is 11.9 Å². The number of hydrogen-bond acceptors (Lipinski definition) is 4. The molecule has 1 atom stereocenters. The maximum absolute atomic E-state index is 11.9. The van der Waals surface area contributed by atoms with Gasteiger partial charge in [-0.1, -0.05) is 0 Å². The van der Waals surface area contributed by atoms with E-state index in [1.807, 2.05) is 13.8 Å². The van der Waals surface area contributed by atoms with E-state index in [1.165, 1.54) is 4.88 Å². The molecule has 0 amide bonds. The van der Waals surface area contributed by atoms with E-state index in [4.69, 9.17) is 4.74 Å². The Kier molecular flexibility index (Phi) is 3.71. The minimum absolute atomic E-state index is 0.182. The van der Waals surface area contributed by atoms with Gasteiger partial charge in [-0.3, -0.25) is 4.79 Å². The van der Waals surface area contributed by atoms with Crippen molar-refractivity contribution in [2.24, 2.45) is 0 Å². The van der Waals surface area contributed by atoms with Crippen molar-refractivity contribution in [3.05, 3.63) is 15.6 Å². The summed E-state index contributed by atoms with van der Waals surface area (Å²) < 4.78 is 5.48. The molecular weight excluding hydrogens is 222 g/mol. The molecule has 1 saturated heterocycles. The first-order valence-electron chi connectivity index (χ1n) is 5.74. The van der Waals surface area contributed by atoms with Crippen LogP contribution in [0.2, 0.25) is 0 Å². The van der Waals surface area contributed by atoms with Crippen molar-refractivity contribution >= 4 is 17.1 Å². The van der Waals surface area contributed by atoms with Gasteiger partial charge in [-0.15, -0.1) is 11.3 Å². The van der Waals surface area contributed by atoms with Gasteiger partial charge < -0.3 is 4.74 Å². The lowest BCUT2D eigenvalue weighted by Crippen LogP contribution is -2.29. The lowest BCUT2D eigenvalue weighted by atomic mass is 10.0. The number of aromatic nitrogens is 1. The summed E-state index contributed by atoms with van der Waals surface area (Å²) in [6.07, 6.45) is 3.32. The highest BCUT2D eigenvalue weighted by Crippen LogP contribution is 2.20. The molecule has 0 saturated carbocycles. The Morgan fingerprint density at radius 2 is 2.31 bits per heavy atom. The van der Waals surface area contributed by atoms with Gasteiger partial charge in [-0.2, -0.15) is 0 Å². The van der Waals surface area contributed by atoms with Gasteiger partial charge in [0.25, 0.3) is 0 Å². The zero-order chi connectivity index (χ0) is 11.5. The quantitative estimate of drug-likeness (QED) is 0.813. The third-order valence-corrected chi connectivity index (χ3v) is 4.01. The molecule has 0 aromatic carbocycles. The first-order valence-corrected chi connectivity index (χ1v) is 6.55. The largest absolute Gasteiger partial charge is 0.370 e. The monoisotopic (exact) mass is 239 g/mol. The summed E-state index contributed by atoms with van der Waals surface area (Å²) in [4.78, 5) is 17.5. The fourth-order valence-corrected chi connectivity index (χ4v) is 2.82. The third kappa shape index (κ3) is 2.68. The SMILES string of the molecule is Cc1nc(CC(=O)C2CCCCO2)sc1C. The van der Waals surface area contributed by atoms with E-state index in [0.717, 1.165) is 36.6 Å². The van der Waals surface area contributed by atoms with Gasteiger partial charge in [-0.05, 0) is 33.1 Å². The van der Waals surface area contributed by atoms with Gasteiger partial charge in [0.05, 0.1) is 12.1 Å². The number of hydrogen-bond donors (Lipinski definition) is 0. The maximum Gasteiger partial charge on any atom is 0.168 e. The Morgan fingerprint density at radius 3 is 2.88 bits per heavy atom. The number of ether oxygens (including phenoxy) is 1. The van der Waals surface area contributed by atoms with Crippen LogP contribution in [-0.2, 0) is 16.0 Å². The molecule has 0 aliphatic carbocycles. The molecule has 3 nitrogen and oxygen atoms in total. The average Bonchev–Trinajstić information content (AvgIpc) is 2.59. The molecule has 1 aromatic rings. The highest BCUT2D eigenvalue weighted by molar-refractivity contribution is 7.11. The second-order valence-electron chi connectivity index (χ2n) is 4.25. The summed E-state index contributed by atoms with van der Waals surface area (Å²) in [6.45, 7) is 4.75. The van der Waals surface area contributed by atoms with Gasteiger partial charge in [0.15, 0.2) is 5.78 Å². The minimum atomic E-state index is -0.182. The third-order valence-electron chi connectivity index (χ3n) is 2.94. The second-order valence-corrected chi connectivity index (χ2v) is 5.54. The normalized spacial score (nSPS) is 21.0. The van der Waals surface area contributed by atoms with Crippen LogP contribution in [0.1, 0.15) is 34.8 Å². The van der Waals surface area contributed by atoms with Crippen LogP contribution in [0.4, 0.5) is 0 Å². The first-order chi connectivity index (χ1) is 7.66. The number of carbonyl (C=O) groups is 1. The van der Waals surface area contributed by atoms with Crippen molar-refractivity contribution in [3.63, 3.8) is 0 Å². The Hall–Kier alpha value is -0.740. The standard InChI is InChI=1S/C12H17NO2S/c1-8-9(2)16-12(13-8)7-10(14)11-5-3-4-6-15-11/h11H,3-7H2,1-2H3. The lowest BCUT2D eigenvalue weighted by Gasteiger charge is -2.20. The first kappa shape index (κ1) is 11.7. The molecule has 1 unspecified atom stereocenters. The summed E-state index contributed by atoms with van der Waals surface area (Å²) in [5.74, 6) is 0.188. The predicted molar refractivity (Wildman–Crippen MR) is 63.9 cm³/mol. The molecule has 1 aromatic heterocycles. The Morgan fingerprint density at radius 1 is 1.50 bits per heavy atom. The van der Waals surface area contributed by atoms with E-state index in [9.17, 15) is 4.79 Å². The van der Waals surface area contributed by atoms with Crippen molar-refractivity contribution in [2.45, 2.75) is 45.6 Å². The summed E-state index contributed by atoms with van der Waals surface area (Å²) in [7, 11) is 0. The van der Waals surface area contributed by atoms with Crippen LogP contribution in [0.5, 0.6) is 0 Å². The van der Waals surface area contributed by atoms with Gasteiger partial charge in [-0.25, -0.2) is 4.98 Å². The molecule has 0 N–H and O–H groups in total. The van der Waals surface area contributed by atoms with Gasteiger partial charge in [0.2, 0.25) is 0 Å². The molecule has 0 bridgehead atoms. The van der Waals surface area contributed by atoms with Crippen LogP contribution in [-0.4, -0.2) is 23.5 Å². The summed E-state index contributed by atoms with van der Waals surface area (Å²) in [6, 6.07) is 0. The van der Waals surface area contributed by atoms with Crippen LogP contribution in [0.3, 0.4) is 0 Å². The van der Waals surface area contributed by atoms with Gasteiger partial charge >= 0.3 is 0 Å². The molecule has 0 radical (unpaired) electrons. The van der Waals surface area contributed by atoms with E-state index in [0.29, 0.717) is 6.42 Å². The smallest absolute Gasteiger partial charge is 0.168 e. The van der Waals surface area contributed by atoms with E-state index in [1.54, 1.807) is 11.3 Å². The molecule has 2 rings (SSSR count). The Balaban J connectivity index is 1.95.